The number of hydrogen-bond donors (Lipinski definition) is 0. The van der Waals surface area contributed by atoms with Gasteiger partial charge in [0.15, 0.2) is 0 Å². The molecule has 0 unspecified atom stereocenters. The SMILES string of the molecule is Cc1cccc(CC(=O)Cc2cc(Cl)ccc2Cl)c1. The Labute approximate surface area is 123 Å². The van der Waals surface area contributed by atoms with E-state index in [1.165, 1.54) is 0 Å². The van der Waals surface area contributed by atoms with Gasteiger partial charge in [0.25, 0.3) is 0 Å². The summed E-state index contributed by atoms with van der Waals surface area (Å²) in [6.07, 6.45) is 0.734. The monoisotopic (exact) mass is 292 g/mol. The van der Waals surface area contributed by atoms with Crippen LogP contribution in [0.3, 0.4) is 0 Å². The minimum atomic E-state index is 0.134. The van der Waals surface area contributed by atoms with Crippen molar-refractivity contribution in [2.75, 3.05) is 0 Å². The fourth-order valence-corrected chi connectivity index (χ4v) is 2.38. The van der Waals surface area contributed by atoms with Gasteiger partial charge in [-0.25, -0.2) is 0 Å². The van der Waals surface area contributed by atoms with Gasteiger partial charge in [0.2, 0.25) is 0 Å². The molecule has 0 atom stereocenters. The molecular weight excluding hydrogens is 279 g/mol. The molecule has 2 aromatic carbocycles. The topological polar surface area (TPSA) is 17.1 Å². The van der Waals surface area contributed by atoms with E-state index in [1.807, 2.05) is 31.2 Å². The van der Waals surface area contributed by atoms with Crippen molar-refractivity contribution in [2.45, 2.75) is 19.8 Å². The van der Waals surface area contributed by atoms with Crippen LogP contribution in [0.25, 0.3) is 0 Å². The van der Waals surface area contributed by atoms with Crippen molar-refractivity contribution >= 4 is 29.0 Å². The van der Waals surface area contributed by atoms with E-state index in [4.69, 9.17) is 23.2 Å². The second-order valence-electron chi connectivity index (χ2n) is 4.62. The molecule has 0 aliphatic heterocycles. The first kappa shape index (κ1) is 14.1. The number of ketones is 1. The highest BCUT2D eigenvalue weighted by atomic mass is 35.5. The zero-order valence-corrected chi connectivity index (χ0v) is 12.1. The summed E-state index contributed by atoms with van der Waals surface area (Å²) < 4.78 is 0. The molecule has 0 fully saturated rings. The molecule has 2 rings (SSSR count). The Hall–Kier alpha value is -1.31. The van der Waals surface area contributed by atoms with Crippen molar-refractivity contribution in [2.24, 2.45) is 0 Å². The van der Waals surface area contributed by atoms with Gasteiger partial charge in [0.1, 0.15) is 5.78 Å². The number of carbonyl (C=O) groups excluding carboxylic acids is 1. The summed E-state index contributed by atoms with van der Waals surface area (Å²) in [5.74, 6) is 0.134. The normalized spacial score (nSPS) is 10.5. The van der Waals surface area contributed by atoms with Crippen LogP contribution in [0, 0.1) is 6.92 Å². The molecule has 0 saturated carbocycles. The maximum Gasteiger partial charge on any atom is 0.141 e. The standard InChI is InChI=1S/C16H14Cl2O/c1-11-3-2-4-12(7-11)8-15(19)10-13-9-14(17)5-6-16(13)18/h2-7,9H,8,10H2,1H3. The summed E-state index contributed by atoms with van der Waals surface area (Å²) in [4.78, 5) is 12.1. The molecule has 0 heterocycles. The first-order valence-electron chi connectivity index (χ1n) is 6.06. The molecule has 0 aliphatic rings. The van der Waals surface area contributed by atoms with E-state index < -0.39 is 0 Å². The van der Waals surface area contributed by atoms with Gasteiger partial charge < -0.3 is 0 Å². The molecule has 2 aromatic rings. The van der Waals surface area contributed by atoms with E-state index in [1.54, 1.807) is 18.2 Å². The van der Waals surface area contributed by atoms with Crippen LogP contribution in [0.5, 0.6) is 0 Å². The summed E-state index contributed by atoms with van der Waals surface area (Å²) in [7, 11) is 0. The van der Waals surface area contributed by atoms with Gasteiger partial charge in [-0.2, -0.15) is 0 Å². The predicted molar refractivity (Wildman–Crippen MR) is 80.1 cm³/mol. The van der Waals surface area contributed by atoms with Crippen LogP contribution >= 0.6 is 23.2 Å². The first-order valence-corrected chi connectivity index (χ1v) is 6.81. The Kier molecular flexibility index (Phi) is 4.62. The van der Waals surface area contributed by atoms with Gasteiger partial charge in [-0.1, -0.05) is 53.0 Å². The van der Waals surface area contributed by atoms with Crippen LogP contribution in [-0.4, -0.2) is 5.78 Å². The third-order valence-corrected chi connectivity index (χ3v) is 3.48. The molecule has 0 radical (unpaired) electrons. The van der Waals surface area contributed by atoms with Gasteiger partial charge in [-0.05, 0) is 36.2 Å². The van der Waals surface area contributed by atoms with E-state index in [0.717, 1.165) is 16.7 Å². The molecule has 0 aliphatic carbocycles. The summed E-state index contributed by atoms with van der Waals surface area (Å²) in [5.41, 5.74) is 2.97. The Morgan fingerprint density at radius 2 is 1.84 bits per heavy atom. The lowest BCUT2D eigenvalue weighted by Crippen LogP contribution is -2.07. The zero-order valence-electron chi connectivity index (χ0n) is 10.6. The Bertz CT molecular complexity index is 605. The molecule has 3 heteroatoms. The summed E-state index contributed by atoms with van der Waals surface area (Å²) in [5, 5.41) is 1.18. The molecule has 0 N–H and O–H groups in total. The maximum absolute atomic E-state index is 12.1. The van der Waals surface area contributed by atoms with Crippen LogP contribution < -0.4 is 0 Å². The van der Waals surface area contributed by atoms with Crippen molar-refractivity contribution in [3.63, 3.8) is 0 Å². The fraction of sp³-hybridized carbons (Fsp3) is 0.188. The number of hydrogen-bond acceptors (Lipinski definition) is 1. The van der Waals surface area contributed by atoms with Crippen LogP contribution in [0.1, 0.15) is 16.7 Å². The number of halogens is 2. The van der Waals surface area contributed by atoms with E-state index in [9.17, 15) is 4.79 Å². The molecular formula is C16H14Cl2O. The molecule has 0 bridgehead atoms. The van der Waals surface area contributed by atoms with Crippen molar-refractivity contribution in [1.82, 2.24) is 0 Å². The molecule has 0 saturated heterocycles. The quantitative estimate of drug-likeness (QED) is 0.801. The first-order chi connectivity index (χ1) is 9.04. The maximum atomic E-state index is 12.1. The van der Waals surface area contributed by atoms with Gasteiger partial charge >= 0.3 is 0 Å². The van der Waals surface area contributed by atoms with Gasteiger partial charge in [0.05, 0.1) is 0 Å². The second-order valence-corrected chi connectivity index (χ2v) is 5.46. The Morgan fingerprint density at radius 3 is 2.58 bits per heavy atom. The van der Waals surface area contributed by atoms with Crippen molar-refractivity contribution in [3.05, 3.63) is 69.2 Å². The van der Waals surface area contributed by atoms with E-state index in [-0.39, 0.29) is 5.78 Å². The van der Waals surface area contributed by atoms with Crippen molar-refractivity contribution in [1.29, 1.82) is 0 Å². The third kappa shape index (κ3) is 4.09. The highest BCUT2D eigenvalue weighted by Gasteiger charge is 2.09. The van der Waals surface area contributed by atoms with Gasteiger partial charge in [-0.15, -0.1) is 0 Å². The van der Waals surface area contributed by atoms with Crippen molar-refractivity contribution in [3.8, 4) is 0 Å². The van der Waals surface area contributed by atoms with Crippen LogP contribution in [0.4, 0.5) is 0 Å². The summed E-state index contributed by atoms with van der Waals surface area (Å²) >= 11 is 12.0. The second kappa shape index (κ2) is 6.23. The molecule has 98 valence electrons. The smallest absolute Gasteiger partial charge is 0.141 e. The van der Waals surface area contributed by atoms with Crippen LogP contribution in [-0.2, 0) is 17.6 Å². The number of carbonyl (C=O) groups is 1. The highest BCUT2D eigenvalue weighted by molar-refractivity contribution is 6.33. The predicted octanol–water partition coefficient (Wildman–Crippen LogP) is 4.66. The van der Waals surface area contributed by atoms with E-state index in [2.05, 4.69) is 0 Å². The Balaban J connectivity index is 2.07. The average Bonchev–Trinajstić information content (AvgIpc) is 2.34. The van der Waals surface area contributed by atoms with E-state index in [0.29, 0.717) is 22.9 Å². The molecule has 1 nitrogen and oxygen atoms in total. The third-order valence-electron chi connectivity index (χ3n) is 2.88. The molecule has 0 spiro atoms. The summed E-state index contributed by atoms with van der Waals surface area (Å²) in [6, 6.07) is 13.2. The van der Waals surface area contributed by atoms with Crippen LogP contribution in [0.15, 0.2) is 42.5 Å². The number of benzene rings is 2. The van der Waals surface area contributed by atoms with Crippen molar-refractivity contribution < 1.29 is 4.79 Å². The largest absolute Gasteiger partial charge is 0.299 e. The molecule has 0 aromatic heterocycles. The molecule has 0 amide bonds. The minimum absolute atomic E-state index is 0.134. The molecule has 19 heavy (non-hydrogen) atoms. The van der Waals surface area contributed by atoms with Gasteiger partial charge in [0, 0.05) is 22.9 Å². The lowest BCUT2D eigenvalue weighted by Gasteiger charge is -2.05. The minimum Gasteiger partial charge on any atom is -0.299 e. The summed E-state index contributed by atoms with van der Waals surface area (Å²) in [6.45, 7) is 2.02. The van der Waals surface area contributed by atoms with Crippen LogP contribution in [0.2, 0.25) is 10.0 Å². The Morgan fingerprint density at radius 1 is 1.05 bits per heavy atom. The number of Topliss-reactive ketones (excluding diaryl/α,β-unsaturated/α-hetero) is 1. The highest BCUT2D eigenvalue weighted by Crippen LogP contribution is 2.21. The number of rotatable bonds is 4. The van der Waals surface area contributed by atoms with Gasteiger partial charge in [-0.3, -0.25) is 4.79 Å². The lowest BCUT2D eigenvalue weighted by atomic mass is 10.0. The number of aryl methyl sites for hydroxylation is 1. The zero-order chi connectivity index (χ0) is 13.8. The fourth-order valence-electron chi connectivity index (χ4n) is 2.00. The van der Waals surface area contributed by atoms with E-state index >= 15 is 0 Å². The average molecular weight is 293 g/mol. The lowest BCUT2D eigenvalue weighted by molar-refractivity contribution is -0.117.